The Bertz CT molecular complexity index is 151. The number of piperidine rings is 1. The SMILES string of the molecule is C[C@@H]1CCC[C@H](C)N1CCCCCCS. The van der Waals surface area contributed by atoms with Gasteiger partial charge in [-0.2, -0.15) is 12.6 Å². The van der Waals surface area contributed by atoms with Crippen LogP contribution in [-0.2, 0) is 0 Å². The molecule has 0 aromatic rings. The van der Waals surface area contributed by atoms with E-state index in [4.69, 9.17) is 0 Å². The van der Waals surface area contributed by atoms with E-state index in [0.717, 1.165) is 17.8 Å². The lowest BCUT2D eigenvalue weighted by Crippen LogP contribution is -2.44. The molecule has 0 aromatic heterocycles. The predicted molar refractivity (Wildman–Crippen MR) is 71.8 cm³/mol. The minimum absolute atomic E-state index is 0.818. The van der Waals surface area contributed by atoms with Crippen LogP contribution in [0, 0.1) is 0 Å². The van der Waals surface area contributed by atoms with Crippen LogP contribution in [0.3, 0.4) is 0 Å². The topological polar surface area (TPSA) is 3.24 Å². The lowest BCUT2D eigenvalue weighted by molar-refractivity contribution is 0.101. The molecule has 15 heavy (non-hydrogen) atoms. The van der Waals surface area contributed by atoms with Crippen LogP contribution < -0.4 is 0 Å². The summed E-state index contributed by atoms with van der Waals surface area (Å²) in [6.45, 7) is 6.10. The van der Waals surface area contributed by atoms with E-state index >= 15 is 0 Å². The highest BCUT2D eigenvalue weighted by molar-refractivity contribution is 7.80. The van der Waals surface area contributed by atoms with E-state index in [1.165, 1.54) is 51.5 Å². The quantitative estimate of drug-likeness (QED) is 0.536. The first-order valence-corrected chi connectivity index (χ1v) is 7.25. The van der Waals surface area contributed by atoms with Gasteiger partial charge in [-0.15, -0.1) is 0 Å². The van der Waals surface area contributed by atoms with E-state index in [1.807, 2.05) is 0 Å². The second-order valence-corrected chi connectivity index (χ2v) is 5.45. The van der Waals surface area contributed by atoms with E-state index in [9.17, 15) is 0 Å². The van der Waals surface area contributed by atoms with Crippen LogP contribution in [0.25, 0.3) is 0 Å². The van der Waals surface area contributed by atoms with Gasteiger partial charge in [0, 0.05) is 12.1 Å². The average molecular weight is 229 g/mol. The zero-order chi connectivity index (χ0) is 11.1. The summed E-state index contributed by atoms with van der Waals surface area (Å²) in [6.07, 6.45) is 9.65. The standard InChI is InChI=1S/C13H27NS/c1-12-8-7-9-13(2)14(12)10-5-3-4-6-11-15/h12-13,15H,3-11H2,1-2H3/t12-,13+. The van der Waals surface area contributed by atoms with E-state index in [1.54, 1.807) is 0 Å². The van der Waals surface area contributed by atoms with Crippen molar-refractivity contribution in [2.24, 2.45) is 0 Å². The van der Waals surface area contributed by atoms with Crippen molar-refractivity contribution in [3.8, 4) is 0 Å². The summed E-state index contributed by atoms with van der Waals surface area (Å²) < 4.78 is 0. The molecule has 0 N–H and O–H groups in total. The molecule has 0 saturated carbocycles. The monoisotopic (exact) mass is 229 g/mol. The molecule has 0 bridgehead atoms. The molecule has 1 fully saturated rings. The normalized spacial score (nSPS) is 28.2. The fourth-order valence-electron chi connectivity index (χ4n) is 2.68. The van der Waals surface area contributed by atoms with Crippen molar-refractivity contribution in [1.82, 2.24) is 4.90 Å². The van der Waals surface area contributed by atoms with Crippen molar-refractivity contribution >= 4 is 12.6 Å². The number of likely N-dealkylation sites (tertiary alicyclic amines) is 1. The smallest absolute Gasteiger partial charge is 0.00697 e. The molecule has 0 aliphatic carbocycles. The van der Waals surface area contributed by atoms with Gasteiger partial charge in [-0.1, -0.05) is 19.3 Å². The van der Waals surface area contributed by atoms with Crippen molar-refractivity contribution in [1.29, 1.82) is 0 Å². The molecule has 0 amide bonds. The van der Waals surface area contributed by atoms with Crippen LogP contribution in [0.4, 0.5) is 0 Å². The minimum atomic E-state index is 0.818. The summed E-state index contributed by atoms with van der Waals surface area (Å²) in [6, 6.07) is 1.64. The van der Waals surface area contributed by atoms with Crippen molar-refractivity contribution in [3.05, 3.63) is 0 Å². The maximum atomic E-state index is 4.24. The van der Waals surface area contributed by atoms with Crippen molar-refractivity contribution < 1.29 is 0 Å². The highest BCUT2D eigenvalue weighted by Crippen LogP contribution is 2.22. The van der Waals surface area contributed by atoms with Gasteiger partial charge in [0.1, 0.15) is 0 Å². The molecule has 0 radical (unpaired) electrons. The molecule has 2 heteroatoms. The van der Waals surface area contributed by atoms with Gasteiger partial charge < -0.3 is 0 Å². The third-order valence-corrected chi connectivity index (χ3v) is 4.02. The highest BCUT2D eigenvalue weighted by Gasteiger charge is 2.23. The second kappa shape index (κ2) is 7.56. The van der Waals surface area contributed by atoms with Gasteiger partial charge in [0.05, 0.1) is 0 Å². The Morgan fingerprint density at radius 1 is 1.00 bits per heavy atom. The average Bonchev–Trinajstić information content (AvgIpc) is 2.21. The number of unbranched alkanes of at least 4 members (excludes halogenated alkanes) is 3. The van der Waals surface area contributed by atoms with Crippen LogP contribution in [0.2, 0.25) is 0 Å². The molecule has 90 valence electrons. The number of hydrogen-bond acceptors (Lipinski definition) is 2. The first kappa shape index (κ1) is 13.4. The highest BCUT2D eigenvalue weighted by atomic mass is 32.1. The van der Waals surface area contributed by atoms with E-state index < -0.39 is 0 Å². The lowest BCUT2D eigenvalue weighted by atomic mass is 9.97. The largest absolute Gasteiger partial charge is 0.298 e. The summed E-state index contributed by atoms with van der Waals surface area (Å²) in [4.78, 5) is 2.71. The van der Waals surface area contributed by atoms with Crippen molar-refractivity contribution in [2.75, 3.05) is 12.3 Å². The van der Waals surface area contributed by atoms with Crippen molar-refractivity contribution in [2.45, 2.75) is 70.9 Å². The summed E-state index contributed by atoms with van der Waals surface area (Å²) >= 11 is 4.24. The molecular formula is C13H27NS. The number of hydrogen-bond donors (Lipinski definition) is 1. The third kappa shape index (κ3) is 4.78. The van der Waals surface area contributed by atoms with Crippen LogP contribution in [-0.4, -0.2) is 29.3 Å². The zero-order valence-corrected chi connectivity index (χ0v) is 11.3. The first-order chi connectivity index (χ1) is 7.25. The molecular weight excluding hydrogens is 202 g/mol. The maximum absolute atomic E-state index is 4.24. The van der Waals surface area contributed by atoms with Crippen LogP contribution >= 0.6 is 12.6 Å². The Morgan fingerprint density at radius 3 is 2.20 bits per heavy atom. The number of thiol groups is 1. The predicted octanol–water partition coefficient (Wildman–Crippen LogP) is 3.74. The zero-order valence-electron chi connectivity index (χ0n) is 10.4. The minimum Gasteiger partial charge on any atom is -0.298 e. The molecule has 1 aliphatic rings. The Morgan fingerprint density at radius 2 is 1.60 bits per heavy atom. The van der Waals surface area contributed by atoms with Crippen LogP contribution in [0.1, 0.15) is 58.8 Å². The number of rotatable bonds is 6. The molecule has 1 saturated heterocycles. The Balaban J connectivity index is 2.12. The third-order valence-electron chi connectivity index (χ3n) is 3.70. The summed E-state index contributed by atoms with van der Waals surface area (Å²) in [5.74, 6) is 1.05. The molecule has 1 rings (SSSR count). The molecule has 0 spiro atoms. The van der Waals surface area contributed by atoms with E-state index in [0.29, 0.717) is 0 Å². The van der Waals surface area contributed by atoms with Gasteiger partial charge >= 0.3 is 0 Å². The van der Waals surface area contributed by atoms with Crippen molar-refractivity contribution in [3.63, 3.8) is 0 Å². The van der Waals surface area contributed by atoms with E-state index in [-0.39, 0.29) is 0 Å². The van der Waals surface area contributed by atoms with Gasteiger partial charge in [0.2, 0.25) is 0 Å². The van der Waals surface area contributed by atoms with Gasteiger partial charge in [-0.25, -0.2) is 0 Å². The lowest BCUT2D eigenvalue weighted by Gasteiger charge is -2.39. The molecule has 2 atom stereocenters. The van der Waals surface area contributed by atoms with Crippen LogP contribution in [0.15, 0.2) is 0 Å². The fourth-order valence-corrected chi connectivity index (χ4v) is 2.90. The molecule has 0 aromatic carbocycles. The summed E-state index contributed by atoms with van der Waals surface area (Å²) in [5, 5.41) is 0. The van der Waals surface area contributed by atoms with Crippen LogP contribution in [0.5, 0.6) is 0 Å². The molecule has 0 unspecified atom stereocenters. The Labute approximate surface area is 101 Å². The Hall–Kier alpha value is 0.310. The number of nitrogens with zero attached hydrogens (tertiary/aromatic N) is 1. The van der Waals surface area contributed by atoms with Gasteiger partial charge in [-0.05, 0) is 51.8 Å². The van der Waals surface area contributed by atoms with Gasteiger partial charge in [0.25, 0.3) is 0 Å². The maximum Gasteiger partial charge on any atom is 0.00697 e. The molecule has 1 aliphatic heterocycles. The summed E-state index contributed by atoms with van der Waals surface area (Å²) in [5.41, 5.74) is 0. The van der Waals surface area contributed by atoms with E-state index in [2.05, 4.69) is 31.4 Å². The first-order valence-electron chi connectivity index (χ1n) is 6.62. The second-order valence-electron chi connectivity index (χ2n) is 5.00. The Kier molecular flexibility index (Phi) is 6.74. The van der Waals surface area contributed by atoms with Gasteiger partial charge in [-0.3, -0.25) is 4.90 Å². The molecule has 1 nitrogen and oxygen atoms in total. The molecule has 1 heterocycles. The fraction of sp³-hybridized carbons (Fsp3) is 1.00. The van der Waals surface area contributed by atoms with Gasteiger partial charge in [0.15, 0.2) is 0 Å². The summed E-state index contributed by atoms with van der Waals surface area (Å²) in [7, 11) is 0.